The highest BCUT2D eigenvalue weighted by Crippen LogP contribution is 2.30. The van der Waals surface area contributed by atoms with Gasteiger partial charge in [0.2, 0.25) is 0 Å². The maximum absolute atomic E-state index is 12.1. The molecule has 1 aliphatic rings. The van der Waals surface area contributed by atoms with Crippen LogP contribution in [0, 0.1) is 0 Å². The molecule has 0 fully saturated rings. The zero-order valence-corrected chi connectivity index (χ0v) is 14.9. The van der Waals surface area contributed by atoms with Crippen molar-refractivity contribution >= 4 is 28.3 Å². The number of nitrogens with one attached hydrogen (secondary N) is 2. The van der Waals surface area contributed by atoms with Gasteiger partial charge < -0.3 is 14.8 Å². The number of methoxy groups -OCH3 is 2. The smallest absolute Gasteiger partial charge is 0.321 e. The highest BCUT2D eigenvalue weighted by atomic mass is 32.1. The van der Waals surface area contributed by atoms with Gasteiger partial charge in [-0.25, -0.2) is 9.78 Å². The van der Waals surface area contributed by atoms with Crippen molar-refractivity contribution in [1.29, 1.82) is 0 Å². The summed E-state index contributed by atoms with van der Waals surface area (Å²) >= 11 is 1.24. The number of rotatable bonds is 5. The van der Waals surface area contributed by atoms with E-state index in [0.29, 0.717) is 34.5 Å². The first kappa shape index (κ1) is 17.2. The predicted octanol–water partition coefficient (Wildman–Crippen LogP) is 3.00. The van der Waals surface area contributed by atoms with Crippen molar-refractivity contribution in [2.45, 2.75) is 25.8 Å². The number of ether oxygens (including phenoxy) is 2. The third kappa shape index (κ3) is 3.90. The van der Waals surface area contributed by atoms with Gasteiger partial charge in [0.05, 0.1) is 24.8 Å². The van der Waals surface area contributed by atoms with E-state index in [1.165, 1.54) is 11.3 Å². The van der Waals surface area contributed by atoms with Crippen LogP contribution in [0.3, 0.4) is 0 Å². The Morgan fingerprint density at radius 2 is 2.04 bits per heavy atom. The number of aromatic nitrogens is 1. The zero-order valence-electron chi connectivity index (χ0n) is 14.0. The number of hydrogen-bond acceptors (Lipinski definition) is 6. The molecule has 1 heterocycles. The summed E-state index contributed by atoms with van der Waals surface area (Å²) in [6.45, 7) is 0.330. The van der Waals surface area contributed by atoms with Crippen LogP contribution in [0.1, 0.15) is 33.8 Å². The Hall–Kier alpha value is -2.61. The minimum Gasteiger partial charge on any atom is -0.493 e. The average molecular weight is 361 g/mol. The number of thiazole rings is 1. The minimum absolute atomic E-state index is 0.109. The molecule has 3 rings (SSSR count). The van der Waals surface area contributed by atoms with E-state index in [1.54, 1.807) is 26.4 Å². The normalized spacial score (nSPS) is 13.1. The predicted molar refractivity (Wildman–Crippen MR) is 94.8 cm³/mol. The molecule has 1 aromatic carbocycles. The van der Waals surface area contributed by atoms with Crippen molar-refractivity contribution in [2.75, 3.05) is 19.5 Å². The first-order valence-corrected chi connectivity index (χ1v) is 8.71. The quantitative estimate of drug-likeness (QED) is 0.854. The van der Waals surface area contributed by atoms with E-state index >= 15 is 0 Å². The van der Waals surface area contributed by atoms with Crippen LogP contribution < -0.4 is 20.1 Å². The molecule has 0 atom stereocenters. The van der Waals surface area contributed by atoms with Crippen LogP contribution in [0.4, 0.5) is 9.93 Å². The van der Waals surface area contributed by atoms with Gasteiger partial charge in [0, 0.05) is 13.0 Å². The van der Waals surface area contributed by atoms with Crippen LogP contribution in [-0.2, 0) is 13.0 Å². The summed E-state index contributed by atoms with van der Waals surface area (Å²) in [4.78, 5) is 28.9. The molecular formula is C17H19N3O4S. The van der Waals surface area contributed by atoms with Gasteiger partial charge in [-0.1, -0.05) is 17.4 Å². The number of anilines is 1. The van der Waals surface area contributed by atoms with Gasteiger partial charge in [0.15, 0.2) is 22.4 Å². The molecule has 8 heteroatoms. The Balaban J connectivity index is 1.59. The van der Waals surface area contributed by atoms with E-state index < -0.39 is 0 Å². The lowest BCUT2D eigenvalue weighted by molar-refractivity contribution is 0.0976. The van der Waals surface area contributed by atoms with Crippen LogP contribution in [0.2, 0.25) is 0 Å². The molecule has 25 heavy (non-hydrogen) atoms. The molecule has 7 nitrogen and oxygen atoms in total. The Kier molecular flexibility index (Phi) is 5.18. The minimum atomic E-state index is -0.367. The fraction of sp³-hybridized carbons (Fsp3) is 0.353. The van der Waals surface area contributed by atoms with E-state index in [9.17, 15) is 9.59 Å². The molecule has 2 amide bonds. The maximum Gasteiger partial charge on any atom is 0.321 e. The topological polar surface area (TPSA) is 89.5 Å². The number of aryl methyl sites for hydroxylation is 1. The molecule has 2 aromatic rings. The third-order valence-electron chi connectivity index (χ3n) is 3.89. The number of nitrogens with zero attached hydrogens (tertiary/aromatic N) is 1. The Bertz CT molecular complexity index is 803. The Morgan fingerprint density at radius 3 is 2.76 bits per heavy atom. The second-order valence-electron chi connectivity index (χ2n) is 5.57. The van der Waals surface area contributed by atoms with Crippen LogP contribution in [0.25, 0.3) is 0 Å². The van der Waals surface area contributed by atoms with Crippen LogP contribution in [0.5, 0.6) is 11.5 Å². The summed E-state index contributed by atoms with van der Waals surface area (Å²) in [5.41, 5.74) is 1.66. The molecular weight excluding hydrogens is 342 g/mol. The number of amides is 2. The van der Waals surface area contributed by atoms with E-state index in [1.807, 2.05) is 6.07 Å². The SMILES string of the molecule is COc1ccc(CNC(=O)Nc2nc3c(s2)C(=O)CCC3)cc1OC. The molecule has 0 radical (unpaired) electrons. The molecule has 2 N–H and O–H groups in total. The first-order chi connectivity index (χ1) is 12.1. The summed E-state index contributed by atoms with van der Waals surface area (Å²) in [6, 6.07) is 5.07. The number of carbonyl (C=O) groups excluding carboxylic acids is 2. The lowest BCUT2D eigenvalue weighted by atomic mass is 10.0. The van der Waals surface area contributed by atoms with Gasteiger partial charge in [-0.3, -0.25) is 10.1 Å². The number of fused-ring (bicyclic) bond motifs is 1. The molecule has 0 saturated carbocycles. The second kappa shape index (κ2) is 7.52. The van der Waals surface area contributed by atoms with Crippen molar-refractivity contribution in [3.63, 3.8) is 0 Å². The molecule has 0 spiro atoms. The maximum atomic E-state index is 12.1. The second-order valence-corrected chi connectivity index (χ2v) is 6.57. The lowest BCUT2D eigenvalue weighted by Crippen LogP contribution is -2.28. The zero-order chi connectivity index (χ0) is 17.8. The van der Waals surface area contributed by atoms with Gasteiger partial charge in [0.1, 0.15) is 0 Å². The summed E-state index contributed by atoms with van der Waals surface area (Å²) in [5, 5.41) is 5.90. The number of ketones is 1. The highest BCUT2D eigenvalue weighted by molar-refractivity contribution is 7.17. The molecule has 0 unspecified atom stereocenters. The monoisotopic (exact) mass is 361 g/mol. The van der Waals surface area contributed by atoms with Gasteiger partial charge in [-0.05, 0) is 30.5 Å². The third-order valence-corrected chi connectivity index (χ3v) is 4.94. The fourth-order valence-corrected chi connectivity index (χ4v) is 3.61. The van der Waals surface area contributed by atoms with Crippen molar-refractivity contribution in [3.8, 4) is 11.5 Å². The largest absolute Gasteiger partial charge is 0.493 e. The van der Waals surface area contributed by atoms with Crippen LogP contribution in [-0.4, -0.2) is 31.0 Å². The fourth-order valence-electron chi connectivity index (χ4n) is 2.64. The summed E-state index contributed by atoms with van der Waals surface area (Å²) in [7, 11) is 3.13. The van der Waals surface area contributed by atoms with Gasteiger partial charge in [-0.2, -0.15) is 0 Å². The average Bonchev–Trinajstić information content (AvgIpc) is 3.03. The van der Waals surface area contributed by atoms with Crippen molar-refractivity contribution < 1.29 is 19.1 Å². The summed E-state index contributed by atoms with van der Waals surface area (Å²) < 4.78 is 10.4. The van der Waals surface area contributed by atoms with Crippen LogP contribution in [0.15, 0.2) is 18.2 Å². The molecule has 0 saturated heterocycles. The number of Topliss-reactive ketones (excluding diaryl/α,β-unsaturated/α-hetero) is 1. The molecule has 1 aliphatic carbocycles. The first-order valence-electron chi connectivity index (χ1n) is 7.89. The molecule has 1 aromatic heterocycles. The number of urea groups is 1. The standard InChI is InChI=1S/C17H19N3O4S/c1-23-13-7-6-10(8-14(13)24-2)9-18-16(22)20-17-19-11-4-3-5-12(21)15(11)25-17/h6-8H,3-5,9H2,1-2H3,(H2,18,19,20,22). The lowest BCUT2D eigenvalue weighted by Gasteiger charge is -2.10. The summed E-state index contributed by atoms with van der Waals surface area (Å²) in [5.74, 6) is 1.35. The van der Waals surface area contributed by atoms with Crippen molar-refractivity contribution in [1.82, 2.24) is 10.3 Å². The number of hydrogen-bond donors (Lipinski definition) is 2. The summed E-state index contributed by atoms with van der Waals surface area (Å²) in [6.07, 6.45) is 2.16. The Labute approximate surface area is 149 Å². The highest BCUT2D eigenvalue weighted by Gasteiger charge is 2.22. The van der Waals surface area contributed by atoms with Gasteiger partial charge >= 0.3 is 6.03 Å². The molecule has 0 aliphatic heterocycles. The van der Waals surface area contributed by atoms with E-state index in [-0.39, 0.29) is 11.8 Å². The van der Waals surface area contributed by atoms with E-state index in [0.717, 1.165) is 24.1 Å². The van der Waals surface area contributed by atoms with E-state index in [2.05, 4.69) is 15.6 Å². The number of carbonyl (C=O) groups is 2. The van der Waals surface area contributed by atoms with E-state index in [4.69, 9.17) is 9.47 Å². The van der Waals surface area contributed by atoms with Crippen molar-refractivity contribution in [2.24, 2.45) is 0 Å². The van der Waals surface area contributed by atoms with Crippen LogP contribution >= 0.6 is 11.3 Å². The number of benzene rings is 1. The van der Waals surface area contributed by atoms with Crippen molar-refractivity contribution in [3.05, 3.63) is 34.3 Å². The van der Waals surface area contributed by atoms with Gasteiger partial charge in [0.25, 0.3) is 0 Å². The molecule has 132 valence electrons. The molecule has 0 bridgehead atoms. The van der Waals surface area contributed by atoms with Gasteiger partial charge in [-0.15, -0.1) is 0 Å². The Morgan fingerprint density at radius 1 is 1.24 bits per heavy atom.